The molecule has 0 amide bonds. The maximum Gasteiger partial charge on any atom is 0.0491 e. The summed E-state index contributed by atoms with van der Waals surface area (Å²) in [4.78, 5) is 2.31. The second-order valence-corrected chi connectivity index (χ2v) is 12.2. The Kier molecular flexibility index (Phi) is 9.50. The molecule has 0 radical (unpaired) electrons. The van der Waals surface area contributed by atoms with Gasteiger partial charge in [-0.05, 0) is 111 Å². The molecule has 0 spiro atoms. The fourth-order valence-corrected chi connectivity index (χ4v) is 6.41. The molecule has 0 aliphatic carbocycles. The van der Waals surface area contributed by atoms with E-state index in [-0.39, 0.29) is 5.92 Å². The highest BCUT2D eigenvalue weighted by Crippen LogP contribution is 2.40. The molecule has 48 heavy (non-hydrogen) atoms. The van der Waals surface area contributed by atoms with E-state index in [2.05, 4.69) is 179 Å². The molecule has 0 saturated carbocycles. The first kappa shape index (κ1) is 32.0. The van der Waals surface area contributed by atoms with Crippen molar-refractivity contribution in [1.82, 2.24) is 0 Å². The predicted octanol–water partition coefficient (Wildman–Crippen LogP) is 13.2. The van der Waals surface area contributed by atoms with Gasteiger partial charge in [-0.1, -0.05) is 148 Å². The van der Waals surface area contributed by atoms with Crippen LogP contribution < -0.4 is 4.90 Å². The summed E-state index contributed by atoms with van der Waals surface area (Å²) >= 11 is 0. The molecule has 0 N–H and O–H groups in total. The SMILES string of the molecule is C=Cc1ccc(C(c2ccc(C=C)cc2)c2ccc(-c3ccc(N(c4ccc(C=C)cc4)c4ccc(C=C)cc4)c(C)c3)cc2C)cc1. The molecular formula is C47H41N. The molecule has 0 aliphatic heterocycles. The van der Waals surface area contributed by atoms with E-state index < -0.39 is 0 Å². The maximum atomic E-state index is 3.94. The lowest BCUT2D eigenvalue weighted by molar-refractivity contribution is 0.962. The van der Waals surface area contributed by atoms with E-state index in [0.717, 1.165) is 39.3 Å². The Morgan fingerprint density at radius 3 is 1.19 bits per heavy atom. The van der Waals surface area contributed by atoms with Crippen LogP contribution in [0.5, 0.6) is 0 Å². The molecule has 6 aromatic rings. The summed E-state index contributed by atoms with van der Waals surface area (Å²) in [6.45, 7) is 20.2. The van der Waals surface area contributed by atoms with Crippen LogP contribution >= 0.6 is 0 Å². The molecule has 0 unspecified atom stereocenters. The molecule has 0 heterocycles. The van der Waals surface area contributed by atoms with E-state index in [4.69, 9.17) is 0 Å². The first-order valence-corrected chi connectivity index (χ1v) is 16.3. The number of hydrogen-bond donors (Lipinski definition) is 0. The standard InChI is InChI=1S/C47H41N/c1-7-35-11-19-39(20-12-35)47(40-21-13-36(8-2)14-22-40)45-29-23-41(31-33(45)5)42-24-30-46(34(6)32-42)48(43-25-15-37(9-3)16-26-43)44-27-17-38(10-4)18-28-44/h7-32,47H,1-4H2,5-6H3. The van der Waals surface area contributed by atoms with Gasteiger partial charge in [0.25, 0.3) is 0 Å². The molecule has 0 bridgehead atoms. The molecule has 0 aromatic heterocycles. The Bertz CT molecular complexity index is 1820. The molecule has 0 saturated heterocycles. The molecule has 0 fully saturated rings. The number of rotatable bonds is 11. The quantitative estimate of drug-likeness (QED) is 0.130. The largest absolute Gasteiger partial charge is 0.310 e. The van der Waals surface area contributed by atoms with Gasteiger partial charge in [-0.3, -0.25) is 0 Å². The topological polar surface area (TPSA) is 3.24 Å². The van der Waals surface area contributed by atoms with Gasteiger partial charge in [0.15, 0.2) is 0 Å². The molecular weight excluding hydrogens is 579 g/mol. The summed E-state index contributed by atoms with van der Waals surface area (Å²) in [5.74, 6) is 0.106. The average molecular weight is 620 g/mol. The summed E-state index contributed by atoms with van der Waals surface area (Å²) in [6.07, 6.45) is 7.53. The third-order valence-electron chi connectivity index (χ3n) is 9.14. The van der Waals surface area contributed by atoms with E-state index in [9.17, 15) is 0 Å². The number of benzene rings is 6. The van der Waals surface area contributed by atoms with Crippen molar-refractivity contribution in [1.29, 1.82) is 0 Å². The summed E-state index contributed by atoms with van der Waals surface area (Å²) < 4.78 is 0. The fraction of sp³-hybridized carbons (Fsp3) is 0.0638. The van der Waals surface area contributed by atoms with Crippen molar-refractivity contribution in [2.75, 3.05) is 4.90 Å². The third kappa shape index (κ3) is 6.63. The number of hydrogen-bond acceptors (Lipinski definition) is 1. The van der Waals surface area contributed by atoms with Gasteiger partial charge in [0.1, 0.15) is 0 Å². The summed E-state index contributed by atoms with van der Waals surface area (Å²) in [7, 11) is 0. The Hall–Kier alpha value is -5.92. The second kappa shape index (κ2) is 14.2. The predicted molar refractivity (Wildman–Crippen MR) is 210 cm³/mol. The van der Waals surface area contributed by atoms with Crippen molar-refractivity contribution < 1.29 is 0 Å². The lowest BCUT2D eigenvalue weighted by atomic mass is 9.82. The van der Waals surface area contributed by atoms with E-state index in [0.29, 0.717) is 0 Å². The zero-order valence-corrected chi connectivity index (χ0v) is 27.9. The van der Waals surface area contributed by atoms with Gasteiger partial charge < -0.3 is 4.90 Å². The monoisotopic (exact) mass is 619 g/mol. The maximum absolute atomic E-state index is 3.94. The summed E-state index contributed by atoms with van der Waals surface area (Å²) in [5, 5.41) is 0. The Morgan fingerprint density at radius 1 is 0.438 bits per heavy atom. The average Bonchev–Trinajstić information content (AvgIpc) is 3.14. The minimum absolute atomic E-state index is 0.106. The third-order valence-corrected chi connectivity index (χ3v) is 9.14. The van der Waals surface area contributed by atoms with Gasteiger partial charge in [0, 0.05) is 23.0 Å². The van der Waals surface area contributed by atoms with Crippen molar-refractivity contribution in [3.8, 4) is 11.1 Å². The van der Waals surface area contributed by atoms with Gasteiger partial charge in [0.2, 0.25) is 0 Å². The smallest absolute Gasteiger partial charge is 0.0491 e. The number of nitrogens with zero attached hydrogens (tertiary/aromatic N) is 1. The molecule has 6 aromatic carbocycles. The lowest BCUT2D eigenvalue weighted by Crippen LogP contribution is -2.11. The molecule has 234 valence electrons. The van der Waals surface area contributed by atoms with Crippen LogP contribution in [0.1, 0.15) is 56.0 Å². The summed E-state index contributed by atoms with van der Waals surface area (Å²) in [5.41, 5.74) is 16.4. The molecule has 1 nitrogen and oxygen atoms in total. The van der Waals surface area contributed by atoms with Crippen LogP contribution in [0, 0.1) is 13.8 Å². The highest BCUT2D eigenvalue weighted by Gasteiger charge is 2.20. The van der Waals surface area contributed by atoms with Crippen LogP contribution in [0.2, 0.25) is 0 Å². The van der Waals surface area contributed by atoms with Crippen LogP contribution in [0.15, 0.2) is 160 Å². The fourth-order valence-electron chi connectivity index (χ4n) is 6.41. The Balaban J connectivity index is 1.38. The molecule has 1 heteroatoms. The number of aryl methyl sites for hydroxylation is 2. The first-order valence-electron chi connectivity index (χ1n) is 16.3. The van der Waals surface area contributed by atoms with E-state index in [1.165, 1.54) is 38.9 Å². The van der Waals surface area contributed by atoms with Gasteiger partial charge >= 0.3 is 0 Å². The van der Waals surface area contributed by atoms with Crippen LogP contribution in [0.4, 0.5) is 17.1 Å². The lowest BCUT2D eigenvalue weighted by Gasteiger charge is -2.28. The van der Waals surface area contributed by atoms with E-state index in [1.54, 1.807) is 0 Å². The Labute approximate surface area is 286 Å². The van der Waals surface area contributed by atoms with Crippen molar-refractivity contribution in [2.24, 2.45) is 0 Å². The minimum atomic E-state index is 0.106. The van der Waals surface area contributed by atoms with Crippen LogP contribution in [0.3, 0.4) is 0 Å². The van der Waals surface area contributed by atoms with Crippen LogP contribution in [-0.2, 0) is 0 Å². The van der Waals surface area contributed by atoms with Crippen LogP contribution in [0.25, 0.3) is 35.4 Å². The van der Waals surface area contributed by atoms with E-state index >= 15 is 0 Å². The van der Waals surface area contributed by atoms with Crippen molar-refractivity contribution in [3.63, 3.8) is 0 Å². The number of anilines is 3. The van der Waals surface area contributed by atoms with Crippen molar-refractivity contribution >= 4 is 41.4 Å². The zero-order chi connectivity index (χ0) is 33.6. The zero-order valence-electron chi connectivity index (χ0n) is 27.9. The van der Waals surface area contributed by atoms with E-state index in [1.807, 2.05) is 24.3 Å². The van der Waals surface area contributed by atoms with Crippen molar-refractivity contribution in [2.45, 2.75) is 19.8 Å². The molecule has 6 rings (SSSR count). The first-order chi connectivity index (χ1) is 23.4. The summed E-state index contributed by atoms with van der Waals surface area (Å²) in [6, 6.07) is 48.2. The highest BCUT2D eigenvalue weighted by atomic mass is 15.1. The van der Waals surface area contributed by atoms with Crippen LogP contribution in [-0.4, -0.2) is 0 Å². The normalized spacial score (nSPS) is 10.8. The van der Waals surface area contributed by atoms with Gasteiger partial charge in [-0.2, -0.15) is 0 Å². The van der Waals surface area contributed by atoms with Gasteiger partial charge in [-0.15, -0.1) is 0 Å². The molecule has 0 aliphatic rings. The van der Waals surface area contributed by atoms with Crippen molar-refractivity contribution in [3.05, 3.63) is 210 Å². The minimum Gasteiger partial charge on any atom is -0.310 e. The second-order valence-electron chi connectivity index (χ2n) is 12.2. The van der Waals surface area contributed by atoms with Gasteiger partial charge in [-0.25, -0.2) is 0 Å². The Morgan fingerprint density at radius 2 is 0.812 bits per heavy atom. The molecule has 0 atom stereocenters. The highest BCUT2D eigenvalue weighted by molar-refractivity contribution is 5.81. The van der Waals surface area contributed by atoms with Gasteiger partial charge in [0.05, 0.1) is 0 Å².